The SMILES string of the molecule is CCOC(=O)C(=CNc1ccc(OCc2ccc(Cl)cc2)nc1)C(=O)OCC. The number of carbonyl (C=O) groups excluding carboxylic acids is 2. The van der Waals surface area contributed by atoms with E-state index in [0.717, 1.165) is 5.56 Å². The number of hydrogen-bond donors (Lipinski definition) is 1. The number of nitrogens with zero attached hydrogens (tertiary/aromatic N) is 1. The number of anilines is 1. The van der Waals surface area contributed by atoms with E-state index in [2.05, 4.69) is 10.3 Å². The number of hydrogen-bond acceptors (Lipinski definition) is 7. The average Bonchev–Trinajstić information content (AvgIpc) is 2.69. The first-order valence-corrected chi connectivity index (χ1v) is 9.05. The Labute approximate surface area is 168 Å². The molecule has 1 N–H and O–H groups in total. The van der Waals surface area contributed by atoms with Crippen LogP contribution in [0.5, 0.6) is 5.88 Å². The third-order valence-corrected chi connectivity index (χ3v) is 3.66. The van der Waals surface area contributed by atoms with Gasteiger partial charge in [-0.2, -0.15) is 0 Å². The fraction of sp³-hybridized carbons (Fsp3) is 0.250. The lowest BCUT2D eigenvalue weighted by molar-refractivity contribution is -0.146. The van der Waals surface area contributed by atoms with Crippen molar-refractivity contribution >= 4 is 29.2 Å². The Hall–Kier alpha value is -3.06. The van der Waals surface area contributed by atoms with E-state index in [-0.39, 0.29) is 18.8 Å². The molecule has 1 heterocycles. The van der Waals surface area contributed by atoms with Crippen LogP contribution in [-0.2, 0) is 25.7 Å². The van der Waals surface area contributed by atoms with E-state index in [1.807, 2.05) is 12.1 Å². The van der Waals surface area contributed by atoms with Crippen LogP contribution in [0.15, 0.2) is 54.4 Å². The van der Waals surface area contributed by atoms with Crippen molar-refractivity contribution in [1.82, 2.24) is 4.98 Å². The fourth-order valence-electron chi connectivity index (χ4n) is 2.06. The normalized spacial score (nSPS) is 9.96. The van der Waals surface area contributed by atoms with Gasteiger partial charge in [0.05, 0.1) is 25.1 Å². The van der Waals surface area contributed by atoms with Crippen LogP contribution in [0.2, 0.25) is 5.02 Å². The van der Waals surface area contributed by atoms with Crippen molar-refractivity contribution in [3.8, 4) is 5.88 Å². The number of carbonyl (C=O) groups is 2. The summed E-state index contributed by atoms with van der Waals surface area (Å²) >= 11 is 5.85. The molecule has 7 nitrogen and oxygen atoms in total. The molecule has 0 radical (unpaired) electrons. The lowest BCUT2D eigenvalue weighted by Gasteiger charge is -2.08. The average molecular weight is 405 g/mol. The standard InChI is InChI=1S/C20H21ClN2O5/c1-3-26-19(24)17(20(25)27-4-2)12-22-16-9-10-18(23-11-16)28-13-14-5-7-15(21)8-6-14/h5-12,22H,3-4,13H2,1-2H3. The lowest BCUT2D eigenvalue weighted by Crippen LogP contribution is -2.19. The first-order chi connectivity index (χ1) is 13.5. The largest absolute Gasteiger partial charge is 0.473 e. The van der Waals surface area contributed by atoms with Crippen molar-refractivity contribution < 1.29 is 23.8 Å². The number of esters is 2. The summed E-state index contributed by atoms with van der Waals surface area (Å²) in [4.78, 5) is 28.0. The summed E-state index contributed by atoms with van der Waals surface area (Å²) < 4.78 is 15.3. The van der Waals surface area contributed by atoms with Gasteiger partial charge in [-0.15, -0.1) is 0 Å². The summed E-state index contributed by atoms with van der Waals surface area (Å²) in [5.41, 5.74) is 1.29. The van der Waals surface area contributed by atoms with Gasteiger partial charge in [-0.1, -0.05) is 23.7 Å². The zero-order valence-corrected chi connectivity index (χ0v) is 16.4. The number of pyridine rings is 1. The molecule has 0 unspecified atom stereocenters. The van der Waals surface area contributed by atoms with Crippen molar-refractivity contribution in [2.24, 2.45) is 0 Å². The summed E-state index contributed by atoms with van der Waals surface area (Å²) in [5.74, 6) is -1.09. The Morgan fingerprint density at radius 3 is 2.21 bits per heavy atom. The topological polar surface area (TPSA) is 86.8 Å². The van der Waals surface area contributed by atoms with Crippen LogP contribution in [0, 0.1) is 0 Å². The number of benzene rings is 1. The van der Waals surface area contributed by atoms with Gasteiger partial charge in [-0.05, 0) is 37.6 Å². The van der Waals surface area contributed by atoms with Crippen molar-refractivity contribution in [2.45, 2.75) is 20.5 Å². The zero-order valence-electron chi connectivity index (χ0n) is 15.6. The van der Waals surface area contributed by atoms with Crippen LogP contribution < -0.4 is 10.1 Å². The van der Waals surface area contributed by atoms with E-state index in [4.69, 9.17) is 25.8 Å². The molecule has 1 aromatic heterocycles. The summed E-state index contributed by atoms with van der Waals surface area (Å²) in [6.45, 7) is 3.96. The molecule has 2 aromatic rings. The van der Waals surface area contributed by atoms with Gasteiger partial charge in [0.25, 0.3) is 0 Å². The summed E-state index contributed by atoms with van der Waals surface area (Å²) in [6.07, 6.45) is 2.75. The second-order valence-electron chi connectivity index (χ2n) is 5.44. The van der Waals surface area contributed by atoms with Crippen LogP contribution in [0.1, 0.15) is 19.4 Å². The monoisotopic (exact) mass is 404 g/mol. The van der Waals surface area contributed by atoms with Gasteiger partial charge in [-0.3, -0.25) is 0 Å². The van der Waals surface area contributed by atoms with Crippen molar-refractivity contribution in [3.63, 3.8) is 0 Å². The fourth-order valence-corrected chi connectivity index (χ4v) is 2.19. The Kier molecular flexibility index (Phi) is 8.30. The highest BCUT2D eigenvalue weighted by atomic mass is 35.5. The molecule has 0 aliphatic carbocycles. The molecule has 28 heavy (non-hydrogen) atoms. The second kappa shape index (κ2) is 10.9. The minimum Gasteiger partial charge on any atom is -0.473 e. The minimum atomic E-state index is -0.760. The van der Waals surface area contributed by atoms with Gasteiger partial charge in [-0.25, -0.2) is 14.6 Å². The Morgan fingerprint density at radius 2 is 1.68 bits per heavy atom. The molecule has 1 aromatic carbocycles. The minimum absolute atomic E-state index is 0.150. The highest BCUT2D eigenvalue weighted by molar-refractivity contribution is 6.30. The number of ether oxygens (including phenoxy) is 3. The highest BCUT2D eigenvalue weighted by Crippen LogP contribution is 2.15. The molecular weight excluding hydrogens is 384 g/mol. The summed E-state index contributed by atoms with van der Waals surface area (Å²) in [6, 6.07) is 10.7. The van der Waals surface area contributed by atoms with E-state index in [0.29, 0.717) is 23.2 Å². The maximum Gasteiger partial charge on any atom is 0.347 e. The molecule has 148 valence electrons. The molecule has 0 fully saturated rings. The van der Waals surface area contributed by atoms with Crippen LogP contribution in [-0.4, -0.2) is 30.1 Å². The third-order valence-electron chi connectivity index (χ3n) is 3.41. The predicted molar refractivity (Wildman–Crippen MR) is 105 cm³/mol. The quantitative estimate of drug-likeness (QED) is 0.295. The van der Waals surface area contributed by atoms with Gasteiger partial charge in [0.1, 0.15) is 6.61 Å². The van der Waals surface area contributed by atoms with Crippen LogP contribution >= 0.6 is 11.6 Å². The Balaban J connectivity index is 1.98. The van der Waals surface area contributed by atoms with E-state index < -0.39 is 11.9 Å². The molecule has 0 amide bonds. The highest BCUT2D eigenvalue weighted by Gasteiger charge is 2.20. The maximum absolute atomic E-state index is 11.9. The zero-order chi connectivity index (χ0) is 20.4. The van der Waals surface area contributed by atoms with Crippen LogP contribution in [0.4, 0.5) is 5.69 Å². The van der Waals surface area contributed by atoms with Gasteiger partial charge in [0, 0.05) is 17.3 Å². The van der Waals surface area contributed by atoms with Gasteiger partial charge >= 0.3 is 11.9 Å². The van der Waals surface area contributed by atoms with E-state index in [1.165, 1.54) is 12.4 Å². The van der Waals surface area contributed by atoms with Gasteiger partial charge in [0.15, 0.2) is 5.57 Å². The summed E-state index contributed by atoms with van der Waals surface area (Å²) in [7, 11) is 0. The van der Waals surface area contributed by atoms with E-state index in [1.54, 1.807) is 38.1 Å². The van der Waals surface area contributed by atoms with Gasteiger partial charge < -0.3 is 19.5 Å². The van der Waals surface area contributed by atoms with E-state index >= 15 is 0 Å². The molecule has 0 bridgehead atoms. The van der Waals surface area contributed by atoms with Crippen LogP contribution in [0.3, 0.4) is 0 Å². The molecule has 8 heteroatoms. The smallest absolute Gasteiger partial charge is 0.347 e. The first kappa shape index (κ1) is 21.2. The van der Waals surface area contributed by atoms with Crippen molar-refractivity contribution in [2.75, 3.05) is 18.5 Å². The number of nitrogens with one attached hydrogen (secondary N) is 1. The number of halogens is 1. The molecular formula is C20H21ClN2O5. The molecule has 0 spiro atoms. The lowest BCUT2D eigenvalue weighted by atomic mass is 10.2. The molecule has 0 saturated carbocycles. The first-order valence-electron chi connectivity index (χ1n) is 8.67. The maximum atomic E-state index is 11.9. The predicted octanol–water partition coefficient (Wildman–Crippen LogP) is 3.74. The molecule has 0 atom stereocenters. The van der Waals surface area contributed by atoms with Crippen molar-refractivity contribution in [1.29, 1.82) is 0 Å². The molecule has 0 saturated heterocycles. The second-order valence-corrected chi connectivity index (χ2v) is 5.88. The van der Waals surface area contributed by atoms with Gasteiger partial charge in [0.2, 0.25) is 5.88 Å². The molecule has 0 aliphatic rings. The third kappa shape index (κ3) is 6.59. The summed E-state index contributed by atoms with van der Waals surface area (Å²) in [5, 5.41) is 3.50. The number of rotatable bonds is 9. The van der Waals surface area contributed by atoms with Crippen LogP contribution in [0.25, 0.3) is 0 Å². The Morgan fingerprint density at radius 1 is 1.04 bits per heavy atom. The van der Waals surface area contributed by atoms with Crippen molar-refractivity contribution in [3.05, 3.63) is 65.0 Å². The Bertz CT molecular complexity index is 799. The van der Waals surface area contributed by atoms with E-state index in [9.17, 15) is 9.59 Å². The number of aromatic nitrogens is 1. The molecule has 2 rings (SSSR count). The molecule has 0 aliphatic heterocycles.